The first-order valence-electron chi connectivity index (χ1n) is 5.99. The zero-order valence-corrected chi connectivity index (χ0v) is 11.5. The first-order valence-corrected chi connectivity index (χ1v) is 5.99. The maximum Gasteiger partial charge on any atom is 0.240 e. The summed E-state index contributed by atoms with van der Waals surface area (Å²) in [5, 5.41) is 2.74. The topological polar surface area (TPSA) is 64.4 Å². The molecule has 0 aliphatic heterocycles. The van der Waals surface area contributed by atoms with Crippen LogP contribution in [0.5, 0.6) is 5.75 Å². The highest BCUT2D eigenvalue weighted by atomic mass is 35.5. The van der Waals surface area contributed by atoms with E-state index in [0.29, 0.717) is 12.3 Å². The van der Waals surface area contributed by atoms with E-state index in [9.17, 15) is 9.18 Å². The second-order valence-corrected chi connectivity index (χ2v) is 4.75. The molecule has 1 amide bonds. The Balaban J connectivity index is 0.00000180. The van der Waals surface area contributed by atoms with Gasteiger partial charge in [0.15, 0.2) is 0 Å². The zero-order chi connectivity index (χ0) is 13.2. The Hall–Kier alpha value is -1.33. The largest absolute Gasteiger partial charge is 0.489 e. The van der Waals surface area contributed by atoms with E-state index in [1.807, 2.05) is 0 Å². The number of halogens is 2. The SMILES string of the molecule is CC(CNC(=O)C1(N)CC1)Oc1cccc(F)c1.Cl. The van der Waals surface area contributed by atoms with E-state index in [1.165, 1.54) is 12.1 Å². The van der Waals surface area contributed by atoms with Gasteiger partial charge in [0, 0.05) is 6.07 Å². The van der Waals surface area contributed by atoms with Crippen molar-refractivity contribution in [1.82, 2.24) is 5.32 Å². The first-order chi connectivity index (χ1) is 8.49. The fourth-order valence-electron chi connectivity index (χ4n) is 1.59. The summed E-state index contributed by atoms with van der Waals surface area (Å²) in [6.07, 6.45) is 1.23. The highest BCUT2D eigenvalue weighted by molar-refractivity contribution is 5.88. The van der Waals surface area contributed by atoms with Gasteiger partial charge in [0.1, 0.15) is 17.7 Å². The molecular weight excluding hydrogens is 271 g/mol. The van der Waals surface area contributed by atoms with Gasteiger partial charge in [-0.05, 0) is 31.9 Å². The summed E-state index contributed by atoms with van der Waals surface area (Å²) >= 11 is 0. The molecule has 0 saturated heterocycles. The van der Waals surface area contributed by atoms with Crippen molar-refractivity contribution in [3.8, 4) is 5.75 Å². The minimum atomic E-state index is -0.668. The molecule has 1 fully saturated rings. The summed E-state index contributed by atoms with van der Waals surface area (Å²) < 4.78 is 18.4. The minimum Gasteiger partial charge on any atom is -0.489 e. The third-order valence-electron chi connectivity index (χ3n) is 2.92. The number of nitrogens with two attached hydrogens (primary N) is 1. The van der Waals surface area contributed by atoms with E-state index in [1.54, 1.807) is 19.1 Å². The summed E-state index contributed by atoms with van der Waals surface area (Å²) in [6, 6.07) is 5.91. The van der Waals surface area contributed by atoms with Crippen LogP contribution in [-0.4, -0.2) is 24.1 Å². The van der Waals surface area contributed by atoms with E-state index >= 15 is 0 Å². The van der Waals surface area contributed by atoms with Crippen LogP contribution in [0.2, 0.25) is 0 Å². The van der Waals surface area contributed by atoms with E-state index in [-0.39, 0.29) is 30.2 Å². The van der Waals surface area contributed by atoms with Crippen molar-refractivity contribution in [2.24, 2.45) is 5.73 Å². The maximum atomic E-state index is 12.9. The Morgan fingerprint density at radius 3 is 2.84 bits per heavy atom. The molecule has 1 aliphatic rings. The number of carbonyl (C=O) groups excluding carboxylic acids is 1. The van der Waals surface area contributed by atoms with Crippen LogP contribution in [0.15, 0.2) is 24.3 Å². The van der Waals surface area contributed by atoms with Gasteiger partial charge in [-0.2, -0.15) is 0 Å². The van der Waals surface area contributed by atoms with Gasteiger partial charge < -0.3 is 15.8 Å². The van der Waals surface area contributed by atoms with Crippen LogP contribution in [0.4, 0.5) is 4.39 Å². The number of hydrogen-bond donors (Lipinski definition) is 2. The molecule has 3 N–H and O–H groups in total. The molecular formula is C13H18ClFN2O2. The van der Waals surface area contributed by atoms with Gasteiger partial charge in [0.25, 0.3) is 0 Å². The van der Waals surface area contributed by atoms with Crippen LogP contribution in [0.25, 0.3) is 0 Å². The third kappa shape index (κ3) is 4.36. The van der Waals surface area contributed by atoms with Crippen molar-refractivity contribution < 1.29 is 13.9 Å². The molecule has 4 nitrogen and oxygen atoms in total. The Morgan fingerprint density at radius 1 is 1.58 bits per heavy atom. The summed E-state index contributed by atoms with van der Waals surface area (Å²) in [5.74, 6) is -0.0366. The van der Waals surface area contributed by atoms with Crippen molar-refractivity contribution >= 4 is 18.3 Å². The lowest BCUT2D eigenvalue weighted by Crippen LogP contribution is -2.45. The molecule has 2 rings (SSSR count). The van der Waals surface area contributed by atoms with E-state index in [4.69, 9.17) is 10.5 Å². The van der Waals surface area contributed by atoms with Crippen molar-refractivity contribution in [2.45, 2.75) is 31.4 Å². The fraction of sp³-hybridized carbons (Fsp3) is 0.462. The molecule has 0 heterocycles. The lowest BCUT2D eigenvalue weighted by Gasteiger charge is -2.17. The lowest BCUT2D eigenvalue weighted by molar-refractivity contribution is -0.123. The Bertz CT molecular complexity index is 452. The van der Waals surface area contributed by atoms with Gasteiger partial charge in [0.2, 0.25) is 5.91 Å². The van der Waals surface area contributed by atoms with Gasteiger partial charge in [-0.25, -0.2) is 4.39 Å². The number of nitrogens with one attached hydrogen (secondary N) is 1. The molecule has 1 saturated carbocycles. The smallest absolute Gasteiger partial charge is 0.240 e. The standard InChI is InChI=1S/C13H17FN2O2.ClH/c1-9(8-16-12(17)13(15)5-6-13)18-11-4-2-3-10(14)7-11;/h2-4,7,9H,5-6,8,15H2,1H3,(H,16,17);1H. The molecule has 1 aliphatic carbocycles. The maximum absolute atomic E-state index is 12.9. The first kappa shape index (κ1) is 15.7. The lowest BCUT2D eigenvalue weighted by atomic mass is 10.2. The van der Waals surface area contributed by atoms with Gasteiger partial charge >= 0.3 is 0 Å². The molecule has 1 atom stereocenters. The predicted molar refractivity (Wildman–Crippen MR) is 72.9 cm³/mol. The minimum absolute atomic E-state index is 0. The molecule has 106 valence electrons. The summed E-state index contributed by atoms with van der Waals surface area (Å²) in [6.45, 7) is 2.16. The Labute approximate surface area is 117 Å². The Kier molecular flexibility index (Phi) is 5.14. The number of rotatable bonds is 5. The van der Waals surface area contributed by atoms with E-state index < -0.39 is 5.54 Å². The molecule has 1 unspecified atom stereocenters. The van der Waals surface area contributed by atoms with Crippen LogP contribution in [-0.2, 0) is 4.79 Å². The fourth-order valence-corrected chi connectivity index (χ4v) is 1.59. The molecule has 1 aromatic carbocycles. The zero-order valence-electron chi connectivity index (χ0n) is 10.7. The van der Waals surface area contributed by atoms with Gasteiger partial charge in [0.05, 0.1) is 12.1 Å². The second kappa shape index (κ2) is 6.21. The normalized spacial score (nSPS) is 17.0. The summed E-state index contributed by atoms with van der Waals surface area (Å²) in [5.41, 5.74) is 5.08. The van der Waals surface area contributed by atoms with Gasteiger partial charge in [-0.3, -0.25) is 4.79 Å². The van der Waals surface area contributed by atoms with Crippen LogP contribution in [0.3, 0.4) is 0 Å². The molecule has 0 radical (unpaired) electrons. The third-order valence-corrected chi connectivity index (χ3v) is 2.92. The molecule has 0 bridgehead atoms. The monoisotopic (exact) mass is 288 g/mol. The summed E-state index contributed by atoms with van der Waals surface area (Å²) in [4.78, 5) is 11.6. The van der Waals surface area contributed by atoms with Crippen LogP contribution >= 0.6 is 12.4 Å². The number of amides is 1. The number of hydrogen-bond acceptors (Lipinski definition) is 3. The Morgan fingerprint density at radius 2 is 2.26 bits per heavy atom. The quantitative estimate of drug-likeness (QED) is 0.865. The number of ether oxygens (including phenoxy) is 1. The van der Waals surface area contributed by atoms with E-state index in [0.717, 1.165) is 12.8 Å². The van der Waals surface area contributed by atoms with E-state index in [2.05, 4.69) is 5.32 Å². The second-order valence-electron chi connectivity index (χ2n) is 4.75. The number of benzene rings is 1. The van der Waals surface area contributed by atoms with Crippen LogP contribution < -0.4 is 15.8 Å². The molecule has 6 heteroatoms. The van der Waals surface area contributed by atoms with Crippen molar-refractivity contribution in [3.05, 3.63) is 30.1 Å². The molecule has 0 spiro atoms. The van der Waals surface area contributed by atoms with Gasteiger partial charge in [-0.1, -0.05) is 6.07 Å². The predicted octanol–water partition coefficient (Wildman–Crippen LogP) is 1.62. The highest BCUT2D eigenvalue weighted by Gasteiger charge is 2.45. The molecule has 1 aromatic rings. The van der Waals surface area contributed by atoms with Crippen molar-refractivity contribution in [3.63, 3.8) is 0 Å². The van der Waals surface area contributed by atoms with Gasteiger partial charge in [-0.15, -0.1) is 12.4 Å². The molecule has 0 aromatic heterocycles. The average Bonchev–Trinajstić information content (AvgIpc) is 3.05. The van der Waals surface area contributed by atoms with Crippen LogP contribution in [0.1, 0.15) is 19.8 Å². The average molecular weight is 289 g/mol. The summed E-state index contributed by atoms with van der Waals surface area (Å²) in [7, 11) is 0. The van der Waals surface area contributed by atoms with Crippen molar-refractivity contribution in [2.75, 3.05) is 6.54 Å². The number of carbonyl (C=O) groups is 1. The molecule has 19 heavy (non-hydrogen) atoms. The van der Waals surface area contributed by atoms with Crippen LogP contribution in [0, 0.1) is 5.82 Å². The van der Waals surface area contributed by atoms with Crippen molar-refractivity contribution in [1.29, 1.82) is 0 Å². The highest BCUT2D eigenvalue weighted by Crippen LogP contribution is 2.32.